The summed E-state index contributed by atoms with van der Waals surface area (Å²) in [6.45, 7) is 1.96. The molecule has 0 atom stereocenters. The van der Waals surface area contributed by atoms with Crippen LogP contribution in [0.2, 0.25) is 5.02 Å². The molecule has 0 aliphatic carbocycles. The first-order valence-corrected chi connectivity index (χ1v) is 6.47. The Morgan fingerprint density at radius 2 is 1.80 bits per heavy atom. The second kappa shape index (κ2) is 5.92. The van der Waals surface area contributed by atoms with Crippen molar-refractivity contribution < 1.29 is 9.47 Å². The van der Waals surface area contributed by atoms with Crippen LogP contribution >= 0.6 is 11.6 Å². The molecule has 0 heterocycles. The van der Waals surface area contributed by atoms with Crippen LogP contribution in [-0.2, 0) is 0 Å². The number of aryl methyl sites for hydroxylation is 1. The van der Waals surface area contributed by atoms with Crippen molar-refractivity contribution in [1.29, 1.82) is 0 Å². The molecular weight excluding hydrogens is 276 g/mol. The molecule has 3 N–H and O–H groups in total. The van der Waals surface area contributed by atoms with Gasteiger partial charge >= 0.3 is 0 Å². The van der Waals surface area contributed by atoms with Crippen LogP contribution in [-0.4, -0.2) is 14.2 Å². The zero-order valence-corrected chi connectivity index (χ0v) is 12.4. The third-order valence-electron chi connectivity index (χ3n) is 3.02. The van der Waals surface area contributed by atoms with Gasteiger partial charge in [0.1, 0.15) is 11.5 Å². The second-order valence-corrected chi connectivity index (χ2v) is 4.79. The van der Waals surface area contributed by atoms with Gasteiger partial charge in [-0.3, -0.25) is 0 Å². The maximum Gasteiger partial charge on any atom is 0.142 e. The standard InChI is InChI=1S/C15H17ClN2O2/c1-9-6-12(17)11(16)8-13(9)18-14-7-10(19-2)4-5-15(14)20-3/h4-8,18H,17H2,1-3H3. The molecule has 106 valence electrons. The Morgan fingerprint density at radius 1 is 1.05 bits per heavy atom. The predicted molar refractivity (Wildman–Crippen MR) is 83.4 cm³/mol. The number of methoxy groups -OCH3 is 2. The number of nitrogens with two attached hydrogens (primary N) is 1. The Kier molecular flexibility index (Phi) is 4.25. The number of anilines is 3. The Balaban J connectivity index is 2.41. The summed E-state index contributed by atoms with van der Waals surface area (Å²) in [7, 11) is 3.24. The van der Waals surface area contributed by atoms with Crippen molar-refractivity contribution in [2.75, 3.05) is 25.3 Å². The molecule has 5 heteroatoms. The highest BCUT2D eigenvalue weighted by Gasteiger charge is 2.09. The molecule has 0 fully saturated rings. The molecule has 0 aliphatic rings. The van der Waals surface area contributed by atoms with E-state index in [0.29, 0.717) is 10.7 Å². The minimum absolute atomic E-state index is 0.514. The SMILES string of the molecule is COc1ccc(OC)c(Nc2cc(Cl)c(N)cc2C)c1. The number of halogens is 1. The average molecular weight is 293 g/mol. The molecule has 0 amide bonds. The molecule has 0 aliphatic heterocycles. The lowest BCUT2D eigenvalue weighted by Gasteiger charge is -2.15. The Bertz CT molecular complexity index is 630. The van der Waals surface area contributed by atoms with Gasteiger partial charge in [-0.15, -0.1) is 0 Å². The number of nitrogen functional groups attached to an aromatic ring is 1. The van der Waals surface area contributed by atoms with Gasteiger partial charge in [-0.2, -0.15) is 0 Å². The predicted octanol–water partition coefficient (Wildman–Crippen LogP) is 3.99. The topological polar surface area (TPSA) is 56.5 Å². The van der Waals surface area contributed by atoms with E-state index < -0.39 is 0 Å². The van der Waals surface area contributed by atoms with Crippen molar-refractivity contribution in [3.05, 3.63) is 40.9 Å². The van der Waals surface area contributed by atoms with Gasteiger partial charge in [0.25, 0.3) is 0 Å². The van der Waals surface area contributed by atoms with Gasteiger partial charge in [0, 0.05) is 11.8 Å². The van der Waals surface area contributed by atoms with Gasteiger partial charge in [-0.25, -0.2) is 0 Å². The highest BCUT2D eigenvalue weighted by atomic mass is 35.5. The summed E-state index contributed by atoms with van der Waals surface area (Å²) in [6, 6.07) is 9.17. The summed E-state index contributed by atoms with van der Waals surface area (Å²) in [5, 5.41) is 3.80. The highest BCUT2D eigenvalue weighted by molar-refractivity contribution is 6.33. The van der Waals surface area contributed by atoms with Crippen molar-refractivity contribution in [2.24, 2.45) is 0 Å². The normalized spacial score (nSPS) is 10.2. The smallest absolute Gasteiger partial charge is 0.142 e. The minimum Gasteiger partial charge on any atom is -0.497 e. The van der Waals surface area contributed by atoms with E-state index >= 15 is 0 Å². The summed E-state index contributed by atoms with van der Waals surface area (Å²) in [5.74, 6) is 1.46. The van der Waals surface area contributed by atoms with Gasteiger partial charge in [0.05, 0.1) is 30.6 Å². The number of nitrogens with one attached hydrogen (secondary N) is 1. The van der Waals surface area contributed by atoms with Crippen LogP contribution in [0.25, 0.3) is 0 Å². The largest absolute Gasteiger partial charge is 0.497 e. The quantitative estimate of drug-likeness (QED) is 0.837. The lowest BCUT2D eigenvalue weighted by Crippen LogP contribution is -1.98. The number of ether oxygens (including phenoxy) is 2. The van der Waals surface area contributed by atoms with E-state index in [-0.39, 0.29) is 0 Å². The van der Waals surface area contributed by atoms with E-state index in [0.717, 1.165) is 28.4 Å². The number of hydrogen-bond acceptors (Lipinski definition) is 4. The highest BCUT2D eigenvalue weighted by Crippen LogP contribution is 2.34. The first-order valence-electron chi connectivity index (χ1n) is 6.10. The monoisotopic (exact) mass is 292 g/mol. The third kappa shape index (κ3) is 2.91. The molecule has 2 aromatic carbocycles. The van der Waals surface area contributed by atoms with Gasteiger partial charge in [0.15, 0.2) is 0 Å². The lowest BCUT2D eigenvalue weighted by atomic mass is 10.1. The molecule has 0 aromatic heterocycles. The van der Waals surface area contributed by atoms with E-state index in [9.17, 15) is 0 Å². The van der Waals surface area contributed by atoms with Crippen molar-refractivity contribution in [3.63, 3.8) is 0 Å². The van der Waals surface area contributed by atoms with Crippen LogP contribution in [0.1, 0.15) is 5.56 Å². The van der Waals surface area contributed by atoms with E-state index in [1.807, 2.05) is 31.2 Å². The van der Waals surface area contributed by atoms with Crippen LogP contribution in [0.5, 0.6) is 11.5 Å². The molecule has 2 aromatic rings. The van der Waals surface area contributed by atoms with E-state index in [1.54, 1.807) is 20.3 Å². The lowest BCUT2D eigenvalue weighted by molar-refractivity contribution is 0.405. The van der Waals surface area contributed by atoms with Crippen molar-refractivity contribution in [2.45, 2.75) is 6.92 Å². The minimum atomic E-state index is 0.514. The van der Waals surface area contributed by atoms with Crippen molar-refractivity contribution in [3.8, 4) is 11.5 Å². The molecular formula is C15H17ClN2O2. The number of hydrogen-bond donors (Lipinski definition) is 2. The van der Waals surface area contributed by atoms with Crippen molar-refractivity contribution >= 4 is 28.7 Å². The molecule has 0 bridgehead atoms. The molecule has 4 nitrogen and oxygen atoms in total. The van der Waals surface area contributed by atoms with Gasteiger partial charge in [0.2, 0.25) is 0 Å². The van der Waals surface area contributed by atoms with Crippen LogP contribution < -0.4 is 20.5 Å². The first-order chi connectivity index (χ1) is 9.55. The van der Waals surface area contributed by atoms with Gasteiger partial charge in [-0.05, 0) is 36.8 Å². The summed E-state index contributed by atoms with van der Waals surface area (Å²) in [4.78, 5) is 0. The Labute approximate surface area is 123 Å². The fraction of sp³-hybridized carbons (Fsp3) is 0.200. The summed E-state index contributed by atoms with van der Waals surface area (Å²) in [6.07, 6.45) is 0. The average Bonchev–Trinajstić information content (AvgIpc) is 2.44. The van der Waals surface area contributed by atoms with Gasteiger partial charge in [-0.1, -0.05) is 11.6 Å². The van der Waals surface area contributed by atoms with Crippen LogP contribution in [0, 0.1) is 6.92 Å². The third-order valence-corrected chi connectivity index (χ3v) is 3.35. The molecule has 0 radical (unpaired) electrons. The summed E-state index contributed by atoms with van der Waals surface area (Å²) in [5.41, 5.74) is 9.01. The summed E-state index contributed by atoms with van der Waals surface area (Å²) >= 11 is 6.06. The number of rotatable bonds is 4. The van der Waals surface area contributed by atoms with E-state index in [4.69, 9.17) is 26.8 Å². The van der Waals surface area contributed by atoms with Crippen LogP contribution in [0.15, 0.2) is 30.3 Å². The maximum absolute atomic E-state index is 6.06. The van der Waals surface area contributed by atoms with Gasteiger partial charge < -0.3 is 20.5 Å². The van der Waals surface area contributed by atoms with Crippen molar-refractivity contribution in [1.82, 2.24) is 0 Å². The fourth-order valence-electron chi connectivity index (χ4n) is 1.90. The second-order valence-electron chi connectivity index (χ2n) is 4.38. The zero-order chi connectivity index (χ0) is 14.7. The maximum atomic E-state index is 6.06. The Morgan fingerprint density at radius 3 is 2.45 bits per heavy atom. The van der Waals surface area contributed by atoms with E-state index in [1.165, 1.54) is 0 Å². The molecule has 0 unspecified atom stereocenters. The van der Waals surface area contributed by atoms with Crippen LogP contribution in [0.4, 0.5) is 17.1 Å². The molecule has 20 heavy (non-hydrogen) atoms. The number of benzene rings is 2. The van der Waals surface area contributed by atoms with E-state index in [2.05, 4.69) is 5.32 Å². The molecule has 2 rings (SSSR count). The molecule has 0 spiro atoms. The van der Waals surface area contributed by atoms with Crippen LogP contribution in [0.3, 0.4) is 0 Å². The molecule has 0 saturated heterocycles. The molecule has 0 saturated carbocycles. The fourth-order valence-corrected chi connectivity index (χ4v) is 2.06. The Hall–Kier alpha value is -2.07. The first kappa shape index (κ1) is 14.3. The summed E-state index contributed by atoms with van der Waals surface area (Å²) < 4.78 is 10.6. The zero-order valence-electron chi connectivity index (χ0n) is 11.7.